The quantitative estimate of drug-likeness (QED) is 0.358. The lowest BCUT2D eigenvalue weighted by Crippen LogP contribution is -2.13. The van der Waals surface area contributed by atoms with Gasteiger partial charge in [-0.25, -0.2) is 4.98 Å². The number of nitrogens with zero attached hydrogens (tertiary/aromatic N) is 2. The van der Waals surface area contributed by atoms with Gasteiger partial charge in [-0.05, 0) is 54.1 Å². The van der Waals surface area contributed by atoms with Crippen molar-refractivity contribution in [1.82, 2.24) is 9.97 Å². The fourth-order valence-electron chi connectivity index (χ4n) is 3.23. The molecule has 3 N–H and O–H groups in total. The molecule has 0 aliphatic rings. The van der Waals surface area contributed by atoms with Crippen molar-refractivity contribution in [3.8, 4) is 0 Å². The number of carbonyl (C=O) groups excluding carboxylic acids is 1. The second-order valence-electron chi connectivity index (χ2n) is 7.24. The van der Waals surface area contributed by atoms with Gasteiger partial charge in [0, 0.05) is 30.2 Å². The lowest BCUT2D eigenvalue weighted by atomic mass is 10.1. The Balaban J connectivity index is 1.41. The highest BCUT2D eigenvalue weighted by Gasteiger charge is 2.30. The molecular formula is C24H20F3N5O. The molecule has 0 atom stereocenters. The normalized spacial score (nSPS) is 11.3. The van der Waals surface area contributed by atoms with Crippen molar-refractivity contribution in [2.45, 2.75) is 12.7 Å². The summed E-state index contributed by atoms with van der Waals surface area (Å²) in [5.74, 6) is 0.726. The Bertz CT molecular complexity index is 1270. The standard InChI is InChI=1S/C24H20F3N5O/c1-28-23-31-20-5-3-2-4-19(20)21(32-23)29-14-15-6-12-18(13-7-15)30-22(33)16-8-10-17(11-9-16)24(25,26)27/h2-13H,14H2,1H3,(H,30,33)(H2,28,29,31,32). The van der Waals surface area contributed by atoms with E-state index in [1.54, 1.807) is 19.2 Å². The number of halogens is 3. The van der Waals surface area contributed by atoms with E-state index in [9.17, 15) is 18.0 Å². The van der Waals surface area contributed by atoms with Crippen molar-refractivity contribution in [1.29, 1.82) is 0 Å². The highest BCUT2D eigenvalue weighted by Crippen LogP contribution is 2.29. The zero-order valence-electron chi connectivity index (χ0n) is 17.6. The summed E-state index contributed by atoms with van der Waals surface area (Å²) in [6.45, 7) is 0.497. The Hall–Kier alpha value is -4.14. The minimum absolute atomic E-state index is 0.143. The van der Waals surface area contributed by atoms with E-state index >= 15 is 0 Å². The van der Waals surface area contributed by atoms with Crippen LogP contribution in [0.5, 0.6) is 0 Å². The van der Waals surface area contributed by atoms with Crippen LogP contribution in [0, 0.1) is 0 Å². The van der Waals surface area contributed by atoms with Crippen molar-refractivity contribution in [3.05, 3.63) is 89.5 Å². The van der Waals surface area contributed by atoms with Crippen LogP contribution in [0.2, 0.25) is 0 Å². The predicted molar refractivity (Wildman–Crippen MR) is 122 cm³/mol. The van der Waals surface area contributed by atoms with Gasteiger partial charge in [0.1, 0.15) is 5.82 Å². The molecule has 33 heavy (non-hydrogen) atoms. The number of nitrogens with one attached hydrogen (secondary N) is 3. The van der Waals surface area contributed by atoms with Crippen LogP contribution in [0.3, 0.4) is 0 Å². The fourth-order valence-corrected chi connectivity index (χ4v) is 3.23. The molecule has 0 aliphatic heterocycles. The van der Waals surface area contributed by atoms with Crippen LogP contribution in [-0.2, 0) is 12.7 Å². The third kappa shape index (κ3) is 5.20. The minimum Gasteiger partial charge on any atom is -0.365 e. The van der Waals surface area contributed by atoms with Crippen LogP contribution in [0.1, 0.15) is 21.5 Å². The molecule has 4 rings (SSSR count). The van der Waals surface area contributed by atoms with E-state index in [-0.39, 0.29) is 5.56 Å². The molecule has 0 saturated heterocycles. The van der Waals surface area contributed by atoms with E-state index in [0.29, 0.717) is 24.0 Å². The number of aromatic nitrogens is 2. The average molecular weight is 451 g/mol. The fraction of sp³-hybridized carbons (Fsp3) is 0.125. The summed E-state index contributed by atoms with van der Waals surface area (Å²) >= 11 is 0. The average Bonchev–Trinajstić information content (AvgIpc) is 2.82. The van der Waals surface area contributed by atoms with Crippen molar-refractivity contribution < 1.29 is 18.0 Å². The maximum Gasteiger partial charge on any atom is 0.416 e. The molecule has 0 spiro atoms. The van der Waals surface area contributed by atoms with Crippen molar-refractivity contribution in [2.24, 2.45) is 0 Å². The van der Waals surface area contributed by atoms with Crippen molar-refractivity contribution >= 4 is 34.3 Å². The maximum absolute atomic E-state index is 12.7. The first-order valence-corrected chi connectivity index (χ1v) is 10.1. The highest BCUT2D eigenvalue weighted by molar-refractivity contribution is 6.04. The number of amides is 1. The first-order chi connectivity index (χ1) is 15.8. The molecule has 9 heteroatoms. The smallest absolute Gasteiger partial charge is 0.365 e. The van der Waals surface area contributed by atoms with Gasteiger partial charge in [-0.2, -0.15) is 18.2 Å². The van der Waals surface area contributed by atoms with Crippen molar-refractivity contribution in [2.75, 3.05) is 23.0 Å². The molecule has 0 radical (unpaired) electrons. The van der Waals surface area contributed by atoms with Crippen LogP contribution in [0.15, 0.2) is 72.8 Å². The first kappa shape index (κ1) is 22.1. The van der Waals surface area contributed by atoms with Crippen LogP contribution in [-0.4, -0.2) is 22.9 Å². The third-order valence-corrected chi connectivity index (χ3v) is 4.97. The second kappa shape index (κ2) is 9.15. The van der Waals surface area contributed by atoms with E-state index < -0.39 is 17.6 Å². The molecule has 0 fully saturated rings. The number of anilines is 3. The van der Waals surface area contributed by atoms with Crippen LogP contribution >= 0.6 is 0 Å². The van der Waals surface area contributed by atoms with Gasteiger partial charge in [-0.3, -0.25) is 4.79 Å². The van der Waals surface area contributed by atoms with Gasteiger partial charge in [0.15, 0.2) is 0 Å². The lowest BCUT2D eigenvalue weighted by molar-refractivity contribution is -0.137. The molecule has 4 aromatic rings. The number of fused-ring (bicyclic) bond motifs is 1. The number of alkyl halides is 3. The van der Waals surface area contributed by atoms with Crippen LogP contribution < -0.4 is 16.0 Å². The topological polar surface area (TPSA) is 78.9 Å². The minimum atomic E-state index is -4.44. The summed E-state index contributed by atoms with van der Waals surface area (Å²) in [6, 6.07) is 18.9. The van der Waals surface area contributed by atoms with Gasteiger partial charge < -0.3 is 16.0 Å². The number of hydrogen-bond acceptors (Lipinski definition) is 5. The van der Waals surface area contributed by atoms with E-state index in [1.165, 1.54) is 0 Å². The van der Waals surface area contributed by atoms with Gasteiger partial charge in [-0.1, -0.05) is 24.3 Å². The summed E-state index contributed by atoms with van der Waals surface area (Å²) in [5, 5.41) is 9.85. The Morgan fingerprint density at radius 2 is 1.61 bits per heavy atom. The van der Waals surface area contributed by atoms with E-state index in [4.69, 9.17) is 0 Å². The Labute approximate surface area is 187 Å². The van der Waals surface area contributed by atoms with Gasteiger partial charge in [0.25, 0.3) is 5.91 Å². The summed E-state index contributed by atoms with van der Waals surface area (Å²) in [6.07, 6.45) is -4.44. The summed E-state index contributed by atoms with van der Waals surface area (Å²) in [4.78, 5) is 21.2. The zero-order valence-corrected chi connectivity index (χ0v) is 17.6. The Morgan fingerprint density at radius 1 is 0.909 bits per heavy atom. The van der Waals surface area contributed by atoms with Crippen molar-refractivity contribution in [3.63, 3.8) is 0 Å². The molecule has 6 nitrogen and oxygen atoms in total. The SMILES string of the molecule is CNc1nc(NCc2ccc(NC(=O)c3ccc(C(F)(F)F)cc3)cc2)c2ccccc2n1. The molecular weight excluding hydrogens is 431 g/mol. The van der Waals surface area contributed by atoms with Gasteiger partial charge in [-0.15, -0.1) is 0 Å². The van der Waals surface area contributed by atoms with Gasteiger partial charge in [0.05, 0.1) is 11.1 Å². The van der Waals surface area contributed by atoms with E-state index in [0.717, 1.165) is 40.7 Å². The maximum atomic E-state index is 12.7. The molecule has 3 aromatic carbocycles. The third-order valence-electron chi connectivity index (χ3n) is 4.97. The largest absolute Gasteiger partial charge is 0.416 e. The number of para-hydroxylation sites is 1. The molecule has 1 heterocycles. The molecule has 0 saturated carbocycles. The van der Waals surface area contributed by atoms with E-state index in [2.05, 4.69) is 25.9 Å². The molecule has 168 valence electrons. The van der Waals surface area contributed by atoms with Crippen LogP contribution in [0.4, 0.5) is 30.6 Å². The second-order valence-corrected chi connectivity index (χ2v) is 7.24. The molecule has 0 unspecified atom stereocenters. The Kier molecular flexibility index (Phi) is 6.12. The zero-order chi connectivity index (χ0) is 23.4. The molecule has 0 aliphatic carbocycles. The van der Waals surface area contributed by atoms with Gasteiger partial charge >= 0.3 is 6.18 Å². The number of benzene rings is 3. The highest BCUT2D eigenvalue weighted by atomic mass is 19.4. The first-order valence-electron chi connectivity index (χ1n) is 10.1. The van der Waals surface area contributed by atoms with E-state index in [1.807, 2.05) is 36.4 Å². The summed E-state index contributed by atoms with van der Waals surface area (Å²) in [5.41, 5.74) is 1.66. The molecule has 1 aromatic heterocycles. The number of hydrogen-bond donors (Lipinski definition) is 3. The monoisotopic (exact) mass is 451 g/mol. The van der Waals surface area contributed by atoms with Crippen LogP contribution in [0.25, 0.3) is 10.9 Å². The molecule has 0 bridgehead atoms. The molecule has 1 amide bonds. The Morgan fingerprint density at radius 3 is 2.27 bits per heavy atom. The number of rotatable bonds is 6. The summed E-state index contributed by atoms with van der Waals surface area (Å²) < 4.78 is 38.0. The van der Waals surface area contributed by atoms with Gasteiger partial charge in [0.2, 0.25) is 5.95 Å². The number of carbonyl (C=O) groups is 1. The predicted octanol–water partition coefficient (Wildman–Crippen LogP) is 5.55. The lowest BCUT2D eigenvalue weighted by Gasteiger charge is -2.11. The summed E-state index contributed by atoms with van der Waals surface area (Å²) in [7, 11) is 1.76.